The van der Waals surface area contributed by atoms with Gasteiger partial charge in [-0.05, 0) is 45.4 Å². The van der Waals surface area contributed by atoms with Crippen molar-refractivity contribution < 1.29 is 12.9 Å². The molecule has 1 aromatic heterocycles. The van der Waals surface area contributed by atoms with Gasteiger partial charge in [-0.2, -0.15) is 4.98 Å². The Bertz CT molecular complexity index is 651. The summed E-state index contributed by atoms with van der Waals surface area (Å²) in [5, 5.41) is 3.87. The molecule has 0 aliphatic heterocycles. The predicted octanol–water partition coefficient (Wildman–Crippen LogP) is 3.58. The van der Waals surface area contributed by atoms with Gasteiger partial charge < -0.3 is 4.52 Å². The van der Waals surface area contributed by atoms with E-state index in [0.29, 0.717) is 11.8 Å². The van der Waals surface area contributed by atoms with Gasteiger partial charge in [0.2, 0.25) is 0 Å². The van der Waals surface area contributed by atoms with Gasteiger partial charge in [-0.15, -0.1) is 0 Å². The molecule has 0 radical (unpaired) electrons. The third-order valence-electron chi connectivity index (χ3n) is 4.78. The molecule has 0 unspecified atom stereocenters. The first-order chi connectivity index (χ1) is 10.1. The van der Waals surface area contributed by atoms with Gasteiger partial charge in [-0.1, -0.05) is 31.0 Å². The SMILES string of the molecule is C/C(=C\C1CCC(C)CC1)c1nc(C(C)(C)S(C)(=O)=O)no1. The maximum atomic E-state index is 11.8. The monoisotopic (exact) mass is 326 g/mol. The second-order valence-corrected chi connectivity index (χ2v) is 9.64. The second-order valence-electron chi connectivity index (χ2n) is 7.08. The van der Waals surface area contributed by atoms with Gasteiger partial charge in [0, 0.05) is 11.8 Å². The molecule has 0 atom stereocenters. The molecule has 124 valence electrons. The molecule has 2 rings (SSSR count). The largest absolute Gasteiger partial charge is 0.334 e. The van der Waals surface area contributed by atoms with Crippen molar-refractivity contribution in [1.29, 1.82) is 0 Å². The number of aromatic nitrogens is 2. The molecule has 5 nitrogen and oxygen atoms in total. The molecule has 0 saturated heterocycles. The number of hydrogen-bond acceptors (Lipinski definition) is 5. The van der Waals surface area contributed by atoms with Crippen LogP contribution < -0.4 is 0 Å². The molecule has 0 spiro atoms. The Morgan fingerprint density at radius 1 is 1.27 bits per heavy atom. The summed E-state index contributed by atoms with van der Waals surface area (Å²) >= 11 is 0. The van der Waals surface area contributed by atoms with E-state index in [9.17, 15) is 8.42 Å². The van der Waals surface area contributed by atoms with Crippen LogP contribution in [0.2, 0.25) is 0 Å². The summed E-state index contributed by atoms with van der Waals surface area (Å²) < 4.78 is 27.8. The lowest BCUT2D eigenvalue weighted by molar-refractivity contribution is 0.330. The lowest BCUT2D eigenvalue weighted by Gasteiger charge is -2.23. The van der Waals surface area contributed by atoms with E-state index >= 15 is 0 Å². The minimum Gasteiger partial charge on any atom is -0.334 e. The first-order valence-corrected chi connectivity index (χ1v) is 9.73. The molecule has 22 heavy (non-hydrogen) atoms. The van der Waals surface area contributed by atoms with E-state index < -0.39 is 14.6 Å². The molecular formula is C16H26N2O3S. The van der Waals surface area contributed by atoms with Crippen LogP contribution in [0.3, 0.4) is 0 Å². The number of sulfone groups is 1. The van der Waals surface area contributed by atoms with Crippen LogP contribution in [0, 0.1) is 11.8 Å². The normalized spacial score (nSPS) is 24.5. The van der Waals surface area contributed by atoms with Crippen LogP contribution in [0.25, 0.3) is 5.57 Å². The number of nitrogens with zero attached hydrogens (tertiary/aromatic N) is 2. The minimum absolute atomic E-state index is 0.218. The van der Waals surface area contributed by atoms with Crippen LogP contribution in [0.1, 0.15) is 65.1 Å². The van der Waals surface area contributed by atoms with E-state index in [0.717, 1.165) is 11.5 Å². The van der Waals surface area contributed by atoms with E-state index in [4.69, 9.17) is 4.52 Å². The van der Waals surface area contributed by atoms with Crippen molar-refractivity contribution >= 4 is 15.4 Å². The summed E-state index contributed by atoms with van der Waals surface area (Å²) in [6.45, 7) is 7.43. The topological polar surface area (TPSA) is 73.1 Å². The summed E-state index contributed by atoms with van der Waals surface area (Å²) in [4.78, 5) is 4.30. The van der Waals surface area contributed by atoms with Crippen molar-refractivity contribution in [1.82, 2.24) is 10.1 Å². The van der Waals surface area contributed by atoms with Gasteiger partial charge in [0.25, 0.3) is 5.89 Å². The van der Waals surface area contributed by atoms with Gasteiger partial charge >= 0.3 is 0 Å². The smallest absolute Gasteiger partial charge is 0.253 e. The third-order valence-corrected chi connectivity index (χ3v) is 6.81. The zero-order valence-electron chi connectivity index (χ0n) is 14.1. The maximum absolute atomic E-state index is 11.8. The Hall–Kier alpha value is -1.17. The lowest BCUT2D eigenvalue weighted by Crippen LogP contribution is -2.29. The van der Waals surface area contributed by atoms with Gasteiger partial charge in [-0.3, -0.25) is 0 Å². The summed E-state index contributed by atoms with van der Waals surface area (Å²) in [6.07, 6.45) is 8.27. The van der Waals surface area contributed by atoms with Crippen LogP contribution in [0.5, 0.6) is 0 Å². The highest BCUT2D eigenvalue weighted by Crippen LogP contribution is 2.32. The fraction of sp³-hybridized carbons (Fsp3) is 0.750. The zero-order chi connectivity index (χ0) is 16.5. The molecule has 1 fully saturated rings. The first kappa shape index (κ1) is 17.2. The first-order valence-electron chi connectivity index (χ1n) is 7.84. The Morgan fingerprint density at radius 3 is 2.41 bits per heavy atom. The van der Waals surface area contributed by atoms with E-state index in [2.05, 4.69) is 23.1 Å². The lowest BCUT2D eigenvalue weighted by atomic mass is 9.82. The molecule has 6 heteroatoms. The number of hydrogen-bond donors (Lipinski definition) is 0. The molecule has 1 heterocycles. The molecular weight excluding hydrogens is 300 g/mol. The molecule has 1 aliphatic carbocycles. The molecule has 1 saturated carbocycles. The van der Waals surface area contributed by atoms with E-state index in [-0.39, 0.29) is 5.82 Å². The fourth-order valence-electron chi connectivity index (χ4n) is 2.67. The van der Waals surface area contributed by atoms with Crippen LogP contribution in [0.15, 0.2) is 10.6 Å². The van der Waals surface area contributed by atoms with Crippen molar-refractivity contribution in [3.63, 3.8) is 0 Å². The van der Waals surface area contributed by atoms with Crippen molar-refractivity contribution in [3.05, 3.63) is 17.8 Å². The zero-order valence-corrected chi connectivity index (χ0v) is 14.9. The second kappa shape index (κ2) is 6.14. The quantitative estimate of drug-likeness (QED) is 0.845. The van der Waals surface area contributed by atoms with Crippen LogP contribution in [-0.2, 0) is 14.6 Å². The number of allylic oxidation sites excluding steroid dienone is 2. The van der Waals surface area contributed by atoms with Gasteiger partial charge in [0.05, 0.1) is 0 Å². The molecule has 0 amide bonds. The van der Waals surface area contributed by atoms with Crippen molar-refractivity contribution in [2.75, 3.05) is 6.26 Å². The standard InChI is InChI=1S/C16H26N2O3S/c1-11-6-8-13(9-7-11)10-12(2)14-17-15(18-21-14)16(3,4)22(5,19)20/h10-11,13H,6-9H2,1-5H3/b12-10+. The fourth-order valence-corrected chi connectivity index (χ4v) is 3.09. The average molecular weight is 326 g/mol. The molecule has 0 N–H and O–H groups in total. The van der Waals surface area contributed by atoms with Gasteiger partial charge in [-0.25, -0.2) is 8.42 Å². The Morgan fingerprint density at radius 2 is 1.86 bits per heavy atom. The summed E-state index contributed by atoms with van der Waals surface area (Å²) in [5.74, 6) is 2.00. The Kier molecular flexibility index (Phi) is 4.80. The van der Waals surface area contributed by atoms with Gasteiger partial charge in [0.1, 0.15) is 4.75 Å². The van der Waals surface area contributed by atoms with Crippen LogP contribution in [-0.4, -0.2) is 24.8 Å². The highest BCUT2D eigenvalue weighted by Gasteiger charge is 2.37. The van der Waals surface area contributed by atoms with E-state index in [1.807, 2.05) is 6.92 Å². The summed E-state index contributed by atoms with van der Waals surface area (Å²) in [6, 6.07) is 0. The Balaban J connectivity index is 2.17. The van der Waals surface area contributed by atoms with Crippen molar-refractivity contribution in [2.24, 2.45) is 11.8 Å². The molecule has 0 bridgehead atoms. The Labute approximate surface area is 133 Å². The van der Waals surface area contributed by atoms with Crippen molar-refractivity contribution in [2.45, 2.75) is 58.1 Å². The average Bonchev–Trinajstić information content (AvgIpc) is 2.90. The van der Waals surface area contributed by atoms with Crippen LogP contribution >= 0.6 is 0 Å². The third kappa shape index (κ3) is 3.59. The minimum atomic E-state index is -3.31. The molecule has 1 aliphatic rings. The summed E-state index contributed by atoms with van der Waals surface area (Å²) in [7, 11) is -3.31. The number of rotatable bonds is 4. The van der Waals surface area contributed by atoms with Crippen molar-refractivity contribution in [3.8, 4) is 0 Å². The highest BCUT2D eigenvalue weighted by atomic mass is 32.2. The molecule has 0 aromatic carbocycles. The van der Waals surface area contributed by atoms with E-state index in [1.165, 1.54) is 31.9 Å². The highest BCUT2D eigenvalue weighted by molar-refractivity contribution is 7.91. The maximum Gasteiger partial charge on any atom is 0.253 e. The van der Waals surface area contributed by atoms with Crippen LogP contribution in [0.4, 0.5) is 0 Å². The van der Waals surface area contributed by atoms with Gasteiger partial charge in [0.15, 0.2) is 15.7 Å². The van der Waals surface area contributed by atoms with E-state index in [1.54, 1.807) is 13.8 Å². The summed E-state index contributed by atoms with van der Waals surface area (Å²) in [5.41, 5.74) is 0.933. The molecule has 1 aromatic rings. The predicted molar refractivity (Wildman–Crippen MR) is 86.9 cm³/mol.